The Labute approximate surface area is 145 Å². The quantitative estimate of drug-likeness (QED) is 0.513. The highest BCUT2D eigenvalue weighted by Crippen LogP contribution is 2.20. The number of allylic oxidation sites excluding steroid dienone is 1. The average molecular weight is 322 g/mol. The van der Waals surface area contributed by atoms with Crippen LogP contribution in [-0.4, -0.2) is 11.9 Å². The summed E-state index contributed by atoms with van der Waals surface area (Å²) in [4.78, 5) is 12.1. The smallest absolute Gasteiger partial charge is 0.161 e. The van der Waals surface area contributed by atoms with E-state index in [9.17, 15) is 4.79 Å². The van der Waals surface area contributed by atoms with Crippen LogP contribution in [0.2, 0.25) is 0 Å². The first-order chi connectivity index (χ1) is 11.5. The number of ketones is 1. The summed E-state index contributed by atoms with van der Waals surface area (Å²) in [6.45, 7) is 7.73. The highest BCUT2D eigenvalue weighted by atomic mass is 16.5. The second-order valence-corrected chi connectivity index (χ2v) is 6.59. The Balaban J connectivity index is 2.20. The molecule has 0 radical (unpaired) electrons. The molecule has 0 N–H and O–H groups in total. The molecule has 0 spiro atoms. The van der Waals surface area contributed by atoms with E-state index < -0.39 is 0 Å². The Bertz CT molecular complexity index is 680. The maximum absolute atomic E-state index is 12.1. The molecule has 2 rings (SSSR count). The van der Waals surface area contributed by atoms with Crippen molar-refractivity contribution in [2.45, 2.75) is 40.2 Å². The van der Waals surface area contributed by atoms with Gasteiger partial charge < -0.3 is 4.74 Å². The van der Waals surface area contributed by atoms with Gasteiger partial charge in [0.2, 0.25) is 0 Å². The summed E-state index contributed by atoms with van der Waals surface area (Å²) in [7, 11) is 0. The summed E-state index contributed by atoms with van der Waals surface area (Å²) < 4.78 is 5.86. The summed E-state index contributed by atoms with van der Waals surface area (Å²) in [5.74, 6) is 0.696. The van der Waals surface area contributed by atoms with Gasteiger partial charge in [-0.25, -0.2) is 0 Å². The van der Waals surface area contributed by atoms with Crippen LogP contribution in [0.4, 0.5) is 0 Å². The standard InChI is InChI=1S/C22H26O2/c1-16(2)21(23)15-22(24-17(3)4)20-12-10-19(11-13-20)14-18-8-6-5-7-9-18/h5-13,15-17H,14H2,1-4H3. The zero-order valence-corrected chi connectivity index (χ0v) is 15.0. The van der Waals surface area contributed by atoms with Crippen molar-refractivity contribution in [3.05, 3.63) is 77.4 Å². The third kappa shape index (κ3) is 5.38. The van der Waals surface area contributed by atoms with E-state index in [2.05, 4.69) is 36.4 Å². The summed E-state index contributed by atoms with van der Waals surface area (Å²) in [5, 5.41) is 0. The highest BCUT2D eigenvalue weighted by molar-refractivity contribution is 5.96. The van der Waals surface area contributed by atoms with Gasteiger partial charge in [-0.1, -0.05) is 68.4 Å². The summed E-state index contributed by atoms with van der Waals surface area (Å²) in [5.41, 5.74) is 3.47. The van der Waals surface area contributed by atoms with Gasteiger partial charge in [0.25, 0.3) is 0 Å². The van der Waals surface area contributed by atoms with Crippen molar-refractivity contribution in [3.8, 4) is 0 Å². The third-order valence-corrected chi connectivity index (χ3v) is 3.69. The van der Waals surface area contributed by atoms with E-state index in [4.69, 9.17) is 4.74 Å². The molecule has 0 saturated carbocycles. The summed E-state index contributed by atoms with van der Waals surface area (Å²) in [6.07, 6.45) is 2.55. The first-order valence-electron chi connectivity index (χ1n) is 8.51. The number of hydrogen-bond acceptors (Lipinski definition) is 2. The Morgan fingerprint density at radius 2 is 1.50 bits per heavy atom. The van der Waals surface area contributed by atoms with E-state index in [0.29, 0.717) is 5.76 Å². The molecule has 0 aliphatic rings. The molecule has 2 aromatic carbocycles. The molecule has 0 atom stereocenters. The summed E-state index contributed by atoms with van der Waals surface area (Å²) in [6, 6.07) is 18.6. The molecule has 0 heterocycles. The van der Waals surface area contributed by atoms with E-state index in [1.807, 2.05) is 45.9 Å². The van der Waals surface area contributed by atoms with E-state index in [1.54, 1.807) is 6.08 Å². The molecule has 0 aliphatic carbocycles. The van der Waals surface area contributed by atoms with Crippen LogP contribution in [0, 0.1) is 5.92 Å². The lowest BCUT2D eigenvalue weighted by Gasteiger charge is -2.15. The number of carbonyl (C=O) groups is 1. The van der Waals surface area contributed by atoms with Crippen molar-refractivity contribution < 1.29 is 9.53 Å². The molecule has 2 heteroatoms. The number of carbonyl (C=O) groups excluding carboxylic acids is 1. The van der Waals surface area contributed by atoms with Gasteiger partial charge in [-0.2, -0.15) is 0 Å². The largest absolute Gasteiger partial charge is 0.490 e. The van der Waals surface area contributed by atoms with Crippen molar-refractivity contribution >= 4 is 11.5 Å². The summed E-state index contributed by atoms with van der Waals surface area (Å²) >= 11 is 0. The van der Waals surface area contributed by atoms with E-state index >= 15 is 0 Å². The van der Waals surface area contributed by atoms with Crippen molar-refractivity contribution in [2.75, 3.05) is 0 Å². The topological polar surface area (TPSA) is 26.3 Å². The molecule has 126 valence electrons. The molecular formula is C22H26O2. The maximum Gasteiger partial charge on any atom is 0.161 e. The molecule has 24 heavy (non-hydrogen) atoms. The van der Waals surface area contributed by atoms with E-state index in [1.165, 1.54) is 11.1 Å². The van der Waals surface area contributed by atoms with Crippen molar-refractivity contribution in [1.82, 2.24) is 0 Å². The average Bonchev–Trinajstić information content (AvgIpc) is 2.55. The van der Waals surface area contributed by atoms with Crippen molar-refractivity contribution in [1.29, 1.82) is 0 Å². The molecule has 0 amide bonds. The van der Waals surface area contributed by atoms with Crippen LogP contribution in [0.15, 0.2) is 60.7 Å². The zero-order chi connectivity index (χ0) is 17.5. The Hall–Kier alpha value is -2.35. The normalized spacial score (nSPS) is 11.8. The van der Waals surface area contributed by atoms with Gasteiger partial charge in [0.1, 0.15) is 5.76 Å². The molecule has 0 fully saturated rings. The molecule has 2 nitrogen and oxygen atoms in total. The third-order valence-electron chi connectivity index (χ3n) is 3.69. The van der Waals surface area contributed by atoms with Gasteiger partial charge in [0, 0.05) is 17.6 Å². The van der Waals surface area contributed by atoms with E-state index in [0.717, 1.165) is 12.0 Å². The molecule has 0 aromatic heterocycles. The minimum absolute atomic E-state index is 0.0280. The Morgan fingerprint density at radius 1 is 0.917 bits per heavy atom. The highest BCUT2D eigenvalue weighted by Gasteiger charge is 2.11. The zero-order valence-electron chi connectivity index (χ0n) is 15.0. The SMILES string of the molecule is CC(C)OC(=CC(=O)C(C)C)c1ccc(Cc2ccccc2)cc1. The minimum atomic E-state index is -0.0342. The van der Waals surface area contributed by atoms with Gasteiger partial charge in [0.05, 0.1) is 6.10 Å². The molecule has 0 bridgehead atoms. The number of rotatable bonds is 7. The maximum atomic E-state index is 12.1. The number of hydrogen-bond donors (Lipinski definition) is 0. The van der Waals surface area contributed by atoms with Gasteiger partial charge in [0.15, 0.2) is 5.78 Å². The monoisotopic (exact) mass is 322 g/mol. The van der Waals surface area contributed by atoms with Crippen LogP contribution in [0.1, 0.15) is 44.4 Å². The van der Waals surface area contributed by atoms with Crippen molar-refractivity contribution in [3.63, 3.8) is 0 Å². The number of ether oxygens (including phenoxy) is 1. The number of benzene rings is 2. The fourth-order valence-electron chi connectivity index (χ4n) is 2.35. The lowest BCUT2D eigenvalue weighted by atomic mass is 10.0. The van der Waals surface area contributed by atoms with Crippen molar-refractivity contribution in [2.24, 2.45) is 5.92 Å². The second kappa shape index (κ2) is 8.49. The van der Waals surface area contributed by atoms with Crippen LogP contribution in [0.5, 0.6) is 0 Å². The molecule has 0 unspecified atom stereocenters. The van der Waals surface area contributed by atoms with Gasteiger partial charge in [-0.05, 0) is 31.4 Å². The minimum Gasteiger partial charge on any atom is -0.490 e. The van der Waals surface area contributed by atoms with Gasteiger partial charge in [-0.3, -0.25) is 4.79 Å². The van der Waals surface area contributed by atoms with Crippen LogP contribution in [0.25, 0.3) is 5.76 Å². The van der Waals surface area contributed by atoms with Crippen LogP contribution in [-0.2, 0) is 16.0 Å². The fraction of sp³-hybridized carbons (Fsp3) is 0.318. The predicted molar refractivity (Wildman–Crippen MR) is 99.7 cm³/mol. The molecule has 0 aliphatic heterocycles. The lowest BCUT2D eigenvalue weighted by Crippen LogP contribution is -2.08. The van der Waals surface area contributed by atoms with Crippen LogP contribution in [0.3, 0.4) is 0 Å². The first-order valence-corrected chi connectivity index (χ1v) is 8.51. The molecule has 0 saturated heterocycles. The molecule has 2 aromatic rings. The van der Waals surface area contributed by atoms with Crippen LogP contribution >= 0.6 is 0 Å². The van der Waals surface area contributed by atoms with E-state index in [-0.39, 0.29) is 17.8 Å². The Morgan fingerprint density at radius 3 is 2.04 bits per heavy atom. The second-order valence-electron chi connectivity index (χ2n) is 6.59. The Kier molecular flexibility index (Phi) is 6.36. The first kappa shape index (κ1) is 18.0. The molecular weight excluding hydrogens is 296 g/mol. The lowest BCUT2D eigenvalue weighted by molar-refractivity contribution is -0.117. The van der Waals surface area contributed by atoms with Gasteiger partial charge >= 0.3 is 0 Å². The van der Waals surface area contributed by atoms with Crippen LogP contribution < -0.4 is 0 Å². The fourth-order valence-corrected chi connectivity index (χ4v) is 2.35. The predicted octanol–water partition coefficient (Wildman–Crippen LogP) is 5.27. The van der Waals surface area contributed by atoms with Gasteiger partial charge in [-0.15, -0.1) is 0 Å².